The van der Waals surface area contributed by atoms with E-state index in [0.717, 1.165) is 63.1 Å². The molecule has 2 aliphatic rings. The fourth-order valence-corrected chi connectivity index (χ4v) is 4.57. The molecule has 2 amide bonds. The lowest BCUT2D eigenvalue weighted by molar-refractivity contribution is 0.0370. The molecule has 4 rings (SSSR count). The highest BCUT2D eigenvalue weighted by Crippen LogP contribution is 2.31. The van der Waals surface area contributed by atoms with E-state index in [4.69, 9.17) is 0 Å². The molecular formula is C21H28N6O2. The maximum absolute atomic E-state index is 13.1. The fraction of sp³-hybridized carbons (Fsp3) is 0.571. The van der Waals surface area contributed by atoms with E-state index in [1.54, 1.807) is 18.6 Å². The number of nitrogens with zero attached hydrogens (tertiary/aromatic N) is 5. The van der Waals surface area contributed by atoms with Crippen molar-refractivity contribution in [3.8, 4) is 0 Å². The minimum absolute atomic E-state index is 0.0188. The molecule has 8 nitrogen and oxygen atoms in total. The number of hydrogen-bond acceptors (Lipinski definition) is 5. The molecule has 2 aromatic heterocycles. The van der Waals surface area contributed by atoms with Gasteiger partial charge in [0.25, 0.3) is 11.8 Å². The maximum Gasteiger partial charge on any atom is 0.274 e. The van der Waals surface area contributed by atoms with Crippen LogP contribution >= 0.6 is 0 Å². The number of rotatable bonds is 3. The Hall–Kier alpha value is -2.77. The van der Waals surface area contributed by atoms with Crippen LogP contribution in [-0.4, -0.2) is 67.5 Å². The van der Waals surface area contributed by atoms with E-state index in [-0.39, 0.29) is 17.9 Å². The summed E-state index contributed by atoms with van der Waals surface area (Å²) in [5.41, 5.74) is 2.68. The second-order valence-electron chi connectivity index (χ2n) is 8.14. The molecule has 154 valence electrons. The lowest BCUT2D eigenvalue weighted by atomic mass is 9.83. The molecule has 0 radical (unpaired) electrons. The maximum atomic E-state index is 13.1. The van der Waals surface area contributed by atoms with Gasteiger partial charge in [0.1, 0.15) is 5.69 Å². The Bertz CT molecular complexity index is 870. The summed E-state index contributed by atoms with van der Waals surface area (Å²) in [5, 5.41) is 6.80. The van der Waals surface area contributed by atoms with Crippen LogP contribution < -0.4 is 0 Å². The van der Waals surface area contributed by atoms with Crippen LogP contribution in [0, 0.1) is 19.8 Å². The number of aryl methyl sites for hydroxylation is 2. The Morgan fingerprint density at radius 2 is 1.76 bits per heavy atom. The third-order valence-electron chi connectivity index (χ3n) is 6.24. The minimum atomic E-state index is -0.0188. The predicted molar refractivity (Wildman–Crippen MR) is 107 cm³/mol. The quantitative estimate of drug-likeness (QED) is 0.859. The van der Waals surface area contributed by atoms with E-state index < -0.39 is 0 Å². The van der Waals surface area contributed by atoms with Crippen molar-refractivity contribution in [2.75, 3.05) is 19.6 Å². The average molecular weight is 396 g/mol. The van der Waals surface area contributed by atoms with Gasteiger partial charge in [0.2, 0.25) is 0 Å². The SMILES string of the molecule is Cc1cnc(C(=O)N2CCCC[C@H]2C2CCN(C(=O)c3cn[nH]c3C)CC2)cn1. The topological polar surface area (TPSA) is 95.1 Å². The molecule has 0 bridgehead atoms. The normalized spacial score (nSPS) is 20.7. The van der Waals surface area contributed by atoms with Crippen LogP contribution in [0.5, 0.6) is 0 Å². The zero-order chi connectivity index (χ0) is 20.4. The molecule has 0 spiro atoms. The zero-order valence-corrected chi connectivity index (χ0v) is 17.1. The molecule has 0 unspecified atom stereocenters. The van der Waals surface area contributed by atoms with Crippen molar-refractivity contribution in [2.24, 2.45) is 5.92 Å². The third-order valence-corrected chi connectivity index (χ3v) is 6.24. The Kier molecular flexibility index (Phi) is 5.60. The number of aromatic amines is 1. The van der Waals surface area contributed by atoms with Crippen molar-refractivity contribution in [2.45, 2.75) is 52.0 Å². The van der Waals surface area contributed by atoms with Gasteiger partial charge in [-0.2, -0.15) is 5.10 Å². The second-order valence-corrected chi connectivity index (χ2v) is 8.14. The lowest BCUT2D eigenvalue weighted by Gasteiger charge is -2.43. The first-order valence-electron chi connectivity index (χ1n) is 10.4. The molecular weight excluding hydrogens is 368 g/mol. The molecule has 1 N–H and O–H groups in total. The molecule has 0 aliphatic carbocycles. The van der Waals surface area contributed by atoms with Crippen LogP contribution in [0.15, 0.2) is 18.6 Å². The van der Waals surface area contributed by atoms with Gasteiger partial charge < -0.3 is 9.80 Å². The average Bonchev–Trinajstić information content (AvgIpc) is 3.19. The van der Waals surface area contributed by atoms with Crippen molar-refractivity contribution in [1.82, 2.24) is 30.0 Å². The number of carbonyl (C=O) groups excluding carboxylic acids is 2. The number of likely N-dealkylation sites (tertiary alicyclic amines) is 2. The first-order valence-corrected chi connectivity index (χ1v) is 10.4. The van der Waals surface area contributed by atoms with Crippen molar-refractivity contribution in [1.29, 1.82) is 0 Å². The molecule has 1 atom stereocenters. The minimum Gasteiger partial charge on any atom is -0.339 e. The molecule has 2 saturated heterocycles. The Morgan fingerprint density at radius 3 is 2.41 bits per heavy atom. The largest absolute Gasteiger partial charge is 0.339 e. The number of H-pyrrole nitrogens is 1. The van der Waals surface area contributed by atoms with E-state index in [9.17, 15) is 9.59 Å². The summed E-state index contributed by atoms with van der Waals surface area (Å²) in [6.07, 6.45) is 9.84. The van der Waals surface area contributed by atoms with Gasteiger partial charge in [-0.05, 0) is 51.9 Å². The molecule has 0 saturated carbocycles. The van der Waals surface area contributed by atoms with Crippen LogP contribution in [0.1, 0.15) is 64.3 Å². The molecule has 29 heavy (non-hydrogen) atoms. The van der Waals surface area contributed by atoms with Gasteiger partial charge in [-0.1, -0.05) is 0 Å². The number of hydrogen-bond donors (Lipinski definition) is 1. The van der Waals surface area contributed by atoms with Crippen LogP contribution in [0.3, 0.4) is 0 Å². The summed E-state index contributed by atoms with van der Waals surface area (Å²) in [7, 11) is 0. The monoisotopic (exact) mass is 396 g/mol. The summed E-state index contributed by atoms with van der Waals surface area (Å²) in [5.74, 6) is 0.433. The van der Waals surface area contributed by atoms with Crippen LogP contribution in [0.2, 0.25) is 0 Å². The molecule has 0 aromatic carbocycles. The predicted octanol–water partition coefficient (Wildman–Crippen LogP) is 2.36. The van der Waals surface area contributed by atoms with Gasteiger partial charge in [0.15, 0.2) is 0 Å². The van der Waals surface area contributed by atoms with Crippen LogP contribution in [-0.2, 0) is 0 Å². The third kappa shape index (κ3) is 4.02. The summed E-state index contributed by atoms with van der Waals surface area (Å²) in [6.45, 7) is 5.94. The molecule has 2 aliphatic heterocycles. The summed E-state index contributed by atoms with van der Waals surface area (Å²) < 4.78 is 0. The summed E-state index contributed by atoms with van der Waals surface area (Å²) >= 11 is 0. The second kappa shape index (κ2) is 8.31. The van der Waals surface area contributed by atoms with Gasteiger partial charge in [0.05, 0.1) is 23.7 Å². The zero-order valence-electron chi connectivity index (χ0n) is 17.1. The number of aromatic nitrogens is 4. The Balaban J connectivity index is 1.42. The fourth-order valence-electron chi connectivity index (χ4n) is 4.57. The van der Waals surface area contributed by atoms with Crippen LogP contribution in [0.25, 0.3) is 0 Å². The van der Waals surface area contributed by atoms with E-state index in [0.29, 0.717) is 17.2 Å². The standard InChI is InChI=1S/C21H28N6O2/c1-14-11-23-18(13-22-14)21(29)27-8-4-3-5-19(27)16-6-9-26(10-7-16)20(28)17-12-24-25-15(17)2/h11-13,16,19H,3-10H2,1-2H3,(H,24,25)/t19-/m0/s1. The molecule has 4 heterocycles. The van der Waals surface area contributed by atoms with E-state index >= 15 is 0 Å². The lowest BCUT2D eigenvalue weighted by Crippen LogP contribution is -2.51. The Labute approximate surface area is 170 Å². The first kappa shape index (κ1) is 19.5. The highest BCUT2D eigenvalue weighted by Gasteiger charge is 2.36. The van der Waals surface area contributed by atoms with E-state index in [2.05, 4.69) is 20.2 Å². The van der Waals surface area contributed by atoms with Gasteiger partial charge in [-0.15, -0.1) is 0 Å². The van der Waals surface area contributed by atoms with Gasteiger partial charge >= 0.3 is 0 Å². The van der Waals surface area contributed by atoms with Crippen LogP contribution in [0.4, 0.5) is 0 Å². The number of carbonyl (C=O) groups is 2. The highest BCUT2D eigenvalue weighted by molar-refractivity contribution is 5.95. The van der Waals surface area contributed by atoms with Gasteiger partial charge in [0, 0.05) is 37.6 Å². The van der Waals surface area contributed by atoms with Gasteiger partial charge in [-0.3, -0.25) is 19.7 Å². The van der Waals surface area contributed by atoms with E-state index in [1.165, 1.54) is 0 Å². The number of nitrogens with one attached hydrogen (secondary N) is 1. The van der Waals surface area contributed by atoms with E-state index in [1.807, 2.05) is 23.6 Å². The van der Waals surface area contributed by atoms with Gasteiger partial charge in [-0.25, -0.2) is 4.98 Å². The van der Waals surface area contributed by atoms with Crippen molar-refractivity contribution >= 4 is 11.8 Å². The number of amides is 2. The molecule has 2 fully saturated rings. The smallest absolute Gasteiger partial charge is 0.274 e. The molecule has 8 heteroatoms. The van der Waals surface area contributed by atoms with Crippen molar-refractivity contribution in [3.05, 3.63) is 41.2 Å². The number of piperidine rings is 2. The van der Waals surface area contributed by atoms with Crippen molar-refractivity contribution < 1.29 is 9.59 Å². The molecule has 2 aromatic rings. The summed E-state index contributed by atoms with van der Waals surface area (Å²) in [6, 6.07) is 0.215. The summed E-state index contributed by atoms with van der Waals surface area (Å²) in [4.78, 5) is 38.3. The highest BCUT2D eigenvalue weighted by atomic mass is 16.2. The first-order chi connectivity index (χ1) is 14.0. The Morgan fingerprint density at radius 1 is 0.966 bits per heavy atom. The van der Waals surface area contributed by atoms with Crippen molar-refractivity contribution in [3.63, 3.8) is 0 Å².